The molecule has 19 heavy (non-hydrogen) atoms. The molecular formula is C13H23N5O. The van der Waals surface area contributed by atoms with Crippen LogP contribution in [0.2, 0.25) is 0 Å². The van der Waals surface area contributed by atoms with Crippen LogP contribution in [0.3, 0.4) is 0 Å². The van der Waals surface area contributed by atoms with Gasteiger partial charge in [-0.2, -0.15) is 5.26 Å². The van der Waals surface area contributed by atoms with Crippen molar-refractivity contribution in [1.29, 1.82) is 5.26 Å². The summed E-state index contributed by atoms with van der Waals surface area (Å²) in [6.07, 6.45) is 1.53. The normalized spacial score (nSPS) is 17.4. The number of nitrogens with one attached hydrogen (secondary N) is 1. The minimum atomic E-state index is -0.173. The summed E-state index contributed by atoms with van der Waals surface area (Å²) in [5, 5.41) is 12.1. The zero-order valence-electron chi connectivity index (χ0n) is 12.0. The molecule has 1 fully saturated rings. The highest BCUT2D eigenvalue weighted by atomic mass is 16.2. The van der Waals surface area contributed by atoms with E-state index < -0.39 is 0 Å². The van der Waals surface area contributed by atoms with Crippen molar-refractivity contribution in [2.75, 3.05) is 60.4 Å². The van der Waals surface area contributed by atoms with E-state index in [2.05, 4.69) is 10.2 Å². The fraction of sp³-hybridized carbons (Fsp3) is 0.692. The van der Waals surface area contributed by atoms with Gasteiger partial charge in [0.05, 0.1) is 0 Å². The van der Waals surface area contributed by atoms with Gasteiger partial charge >= 0.3 is 0 Å². The van der Waals surface area contributed by atoms with Crippen LogP contribution >= 0.6 is 0 Å². The second-order valence-corrected chi connectivity index (χ2v) is 5.02. The number of nitrogens with zero attached hydrogens (tertiary/aromatic N) is 4. The maximum Gasteiger partial charge on any atom is 0.266 e. The van der Waals surface area contributed by atoms with Gasteiger partial charge in [0, 0.05) is 45.5 Å². The van der Waals surface area contributed by atoms with Crippen LogP contribution in [0, 0.1) is 11.3 Å². The summed E-state index contributed by atoms with van der Waals surface area (Å²) in [6.45, 7) is 4.67. The predicted molar refractivity (Wildman–Crippen MR) is 74.3 cm³/mol. The number of amides is 1. The van der Waals surface area contributed by atoms with Gasteiger partial charge in [-0.25, -0.2) is 0 Å². The summed E-state index contributed by atoms with van der Waals surface area (Å²) in [7, 11) is 5.99. The first kappa shape index (κ1) is 15.5. The van der Waals surface area contributed by atoms with Gasteiger partial charge in [-0.1, -0.05) is 0 Å². The molecule has 1 aliphatic rings. The van der Waals surface area contributed by atoms with E-state index in [0.717, 1.165) is 19.6 Å². The van der Waals surface area contributed by atoms with E-state index in [4.69, 9.17) is 5.26 Å². The third-order valence-electron chi connectivity index (χ3n) is 3.09. The molecule has 1 amide bonds. The molecule has 0 atom stereocenters. The third-order valence-corrected chi connectivity index (χ3v) is 3.09. The predicted octanol–water partition coefficient (Wildman–Crippen LogP) is -0.681. The fourth-order valence-electron chi connectivity index (χ4n) is 1.78. The van der Waals surface area contributed by atoms with E-state index in [1.165, 1.54) is 6.20 Å². The Morgan fingerprint density at radius 3 is 2.53 bits per heavy atom. The first-order chi connectivity index (χ1) is 9.04. The van der Waals surface area contributed by atoms with Crippen LogP contribution in [0.4, 0.5) is 0 Å². The lowest BCUT2D eigenvalue weighted by molar-refractivity contribution is -0.128. The van der Waals surface area contributed by atoms with Crippen molar-refractivity contribution in [2.24, 2.45) is 0 Å². The van der Waals surface area contributed by atoms with Gasteiger partial charge in [-0.15, -0.1) is 0 Å². The number of carbonyl (C=O) groups excluding carboxylic acids is 1. The number of hydrogen-bond acceptors (Lipinski definition) is 5. The lowest BCUT2D eigenvalue weighted by Gasteiger charge is -2.32. The Labute approximate surface area is 115 Å². The molecule has 0 aromatic rings. The van der Waals surface area contributed by atoms with Gasteiger partial charge in [0.2, 0.25) is 0 Å². The minimum absolute atomic E-state index is 0.173. The van der Waals surface area contributed by atoms with Crippen LogP contribution in [-0.2, 0) is 4.79 Å². The lowest BCUT2D eigenvalue weighted by atomic mass is 10.2. The van der Waals surface area contributed by atoms with Crippen LogP contribution in [0.1, 0.15) is 0 Å². The number of rotatable bonds is 5. The average Bonchev–Trinajstić information content (AvgIpc) is 2.39. The summed E-state index contributed by atoms with van der Waals surface area (Å²) < 4.78 is 0. The van der Waals surface area contributed by atoms with E-state index in [9.17, 15) is 4.79 Å². The highest BCUT2D eigenvalue weighted by Gasteiger charge is 2.21. The van der Waals surface area contributed by atoms with E-state index in [0.29, 0.717) is 19.6 Å². The average molecular weight is 265 g/mol. The molecule has 0 spiro atoms. The van der Waals surface area contributed by atoms with Gasteiger partial charge in [-0.3, -0.25) is 4.79 Å². The van der Waals surface area contributed by atoms with Crippen molar-refractivity contribution in [3.05, 3.63) is 11.8 Å². The van der Waals surface area contributed by atoms with Crippen LogP contribution in [0.25, 0.3) is 0 Å². The molecule has 0 bridgehead atoms. The molecule has 1 N–H and O–H groups in total. The van der Waals surface area contributed by atoms with E-state index in [1.54, 1.807) is 4.90 Å². The van der Waals surface area contributed by atoms with Gasteiger partial charge in [-0.05, 0) is 21.1 Å². The molecule has 1 rings (SSSR count). The smallest absolute Gasteiger partial charge is 0.266 e. The summed E-state index contributed by atoms with van der Waals surface area (Å²) >= 11 is 0. The van der Waals surface area contributed by atoms with Gasteiger partial charge in [0.25, 0.3) is 5.91 Å². The lowest BCUT2D eigenvalue weighted by Crippen LogP contribution is -2.47. The summed E-state index contributed by atoms with van der Waals surface area (Å²) in [6, 6.07) is 1.98. The molecule has 6 heteroatoms. The maximum atomic E-state index is 12.1. The van der Waals surface area contributed by atoms with Crippen LogP contribution in [0.5, 0.6) is 0 Å². The Hall–Kier alpha value is -1.58. The van der Waals surface area contributed by atoms with Gasteiger partial charge < -0.3 is 20.0 Å². The minimum Gasteiger partial charge on any atom is -0.388 e. The molecule has 1 saturated heterocycles. The van der Waals surface area contributed by atoms with Crippen molar-refractivity contribution >= 4 is 5.91 Å². The topological polar surface area (TPSA) is 62.6 Å². The highest BCUT2D eigenvalue weighted by Crippen LogP contribution is 2.05. The van der Waals surface area contributed by atoms with Crippen molar-refractivity contribution < 1.29 is 4.79 Å². The maximum absolute atomic E-state index is 12.1. The van der Waals surface area contributed by atoms with Crippen molar-refractivity contribution in [2.45, 2.75) is 0 Å². The molecule has 0 aromatic heterocycles. The first-order valence-electron chi connectivity index (χ1n) is 6.51. The number of nitriles is 1. The molecule has 0 saturated carbocycles. The molecule has 0 aliphatic carbocycles. The fourth-order valence-corrected chi connectivity index (χ4v) is 1.78. The number of likely N-dealkylation sites (N-methyl/N-ethyl adjacent to an activating group) is 2. The van der Waals surface area contributed by atoms with Crippen molar-refractivity contribution in [3.8, 4) is 6.07 Å². The Morgan fingerprint density at radius 1 is 1.37 bits per heavy atom. The molecule has 106 valence electrons. The SMILES string of the molecule is CN(C)CCN/C=C(/C#N)C(=O)N1CCN(C)CC1. The molecular weight excluding hydrogens is 242 g/mol. The standard InChI is InChI=1S/C13H23N5O/c1-16(2)5-4-15-11-12(10-14)13(19)18-8-6-17(3)7-9-18/h11,15H,4-9H2,1-3H3/b12-11-. The Morgan fingerprint density at radius 2 is 2.00 bits per heavy atom. The molecule has 1 aliphatic heterocycles. The van der Waals surface area contributed by atoms with Crippen molar-refractivity contribution in [3.63, 3.8) is 0 Å². The summed E-state index contributed by atoms with van der Waals surface area (Å²) in [5.41, 5.74) is 0.184. The quantitative estimate of drug-likeness (QED) is 0.405. The Bertz CT molecular complexity index is 364. The highest BCUT2D eigenvalue weighted by molar-refractivity contribution is 5.97. The summed E-state index contributed by atoms with van der Waals surface area (Å²) in [5.74, 6) is -0.173. The zero-order valence-corrected chi connectivity index (χ0v) is 12.0. The molecule has 0 aromatic carbocycles. The second kappa shape index (κ2) is 7.77. The molecule has 1 heterocycles. The first-order valence-corrected chi connectivity index (χ1v) is 6.51. The number of piperazine rings is 1. The molecule has 0 radical (unpaired) electrons. The van der Waals surface area contributed by atoms with E-state index in [1.807, 2.05) is 32.1 Å². The van der Waals surface area contributed by atoms with Crippen molar-refractivity contribution in [1.82, 2.24) is 20.0 Å². The Balaban J connectivity index is 2.47. The molecule has 6 nitrogen and oxygen atoms in total. The zero-order chi connectivity index (χ0) is 14.3. The third kappa shape index (κ3) is 5.28. The van der Waals surface area contributed by atoms with E-state index >= 15 is 0 Å². The van der Waals surface area contributed by atoms with Gasteiger partial charge in [0.15, 0.2) is 0 Å². The van der Waals surface area contributed by atoms with Crippen LogP contribution in [-0.4, -0.2) is 81.0 Å². The van der Waals surface area contributed by atoms with Gasteiger partial charge in [0.1, 0.15) is 11.6 Å². The second-order valence-electron chi connectivity index (χ2n) is 5.02. The number of hydrogen-bond donors (Lipinski definition) is 1. The number of carbonyl (C=O) groups is 1. The summed E-state index contributed by atoms with van der Waals surface area (Å²) in [4.78, 5) is 18.1. The largest absolute Gasteiger partial charge is 0.388 e. The van der Waals surface area contributed by atoms with Crippen LogP contribution < -0.4 is 5.32 Å². The van der Waals surface area contributed by atoms with E-state index in [-0.39, 0.29) is 11.5 Å². The Kier molecular flexibility index (Phi) is 6.33. The van der Waals surface area contributed by atoms with Crippen LogP contribution in [0.15, 0.2) is 11.8 Å². The monoisotopic (exact) mass is 265 g/mol. The molecule has 0 unspecified atom stereocenters.